The van der Waals surface area contributed by atoms with Crippen molar-refractivity contribution in [2.24, 2.45) is 0 Å². The Hall–Kier alpha value is -2.96. The molecule has 1 aromatic carbocycles. The summed E-state index contributed by atoms with van der Waals surface area (Å²) in [6.07, 6.45) is 7.68. The number of aromatic nitrogens is 4. The Morgan fingerprint density at radius 3 is 2.96 bits per heavy atom. The number of aryl methyl sites for hydroxylation is 2. The second-order valence-corrected chi connectivity index (χ2v) is 7.04. The molecule has 0 spiro atoms. The molecule has 1 atom stereocenters. The fourth-order valence-corrected chi connectivity index (χ4v) is 3.82. The molecule has 7 nitrogen and oxygen atoms in total. The van der Waals surface area contributed by atoms with Gasteiger partial charge < -0.3 is 14.5 Å². The van der Waals surface area contributed by atoms with E-state index < -0.39 is 0 Å². The monoisotopic (exact) mass is 365 g/mol. The SMILES string of the molecule is Cc1nccn1CCC1CCCCN1C(=O)c1nc2ccccc2c(=O)[nH]1. The lowest BCUT2D eigenvalue weighted by molar-refractivity contribution is 0.0582. The first kappa shape index (κ1) is 17.5. The van der Waals surface area contributed by atoms with Gasteiger partial charge in [-0.2, -0.15) is 0 Å². The number of fused-ring (bicyclic) bond motifs is 1. The lowest BCUT2D eigenvalue weighted by atomic mass is 9.99. The van der Waals surface area contributed by atoms with Crippen molar-refractivity contribution in [3.8, 4) is 0 Å². The molecule has 0 bridgehead atoms. The van der Waals surface area contributed by atoms with Crippen molar-refractivity contribution in [1.29, 1.82) is 0 Å². The van der Waals surface area contributed by atoms with Crippen molar-refractivity contribution in [1.82, 2.24) is 24.4 Å². The number of imidazole rings is 1. The van der Waals surface area contributed by atoms with Gasteiger partial charge >= 0.3 is 0 Å². The summed E-state index contributed by atoms with van der Waals surface area (Å²) in [5, 5.41) is 0.500. The number of piperidine rings is 1. The molecule has 1 fully saturated rings. The average molecular weight is 365 g/mol. The quantitative estimate of drug-likeness (QED) is 0.770. The number of para-hydroxylation sites is 1. The molecule has 1 unspecified atom stereocenters. The van der Waals surface area contributed by atoms with Gasteiger partial charge in [-0.15, -0.1) is 0 Å². The molecule has 4 rings (SSSR count). The second-order valence-electron chi connectivity index (χ2n) is 7.04. The summed E-state index contributed by atoms with van der Waals surface area (Å²) in [5.74, 6) is 0.915. The highest BCUT2D eigenvalue weighted by Crippen LogP contribution is 2.22. The zero-order valence-electron chi connectivity index (χ0n) is 15.4. The van der Waals surface area contributed by atoms with Gasteiger partial charge in [-0.1, -0.05) is 12.1 Å². The van der Waals surface area contributed by atoms with Gasteiger partial charge in [0.25, 0.3) is 11.5 Å². The second kappa shape index (κ2) is 7.34. The summed E-state index contributed by atoms with van der Waals surface area (Å²) in [5.41, 5.74) is 0.277. The van der Waals surface area contributed by atoms with Crippen molar-refractivity contribution < 1.29 is 4.79 Å². The molecule has 2 aromatic heterocycles. The summed E-state index contributed by atoms with van der Waals surface area (Å²) < 4.78 is 2.10. The molecule has 0 aliphatic carbocycles. The molecule has 7 heteroatoms. The third-order valence-electron chi connectivity index (χ3n) is 5.33. The van der Waals surface area contributed by atoms with E-state index in [1.165, 1.54) is 0 Å². The number of H-pyrrole nitrogens is 1. The summed E-state index contributed by atoms with van der Waals surface area (Å²) in [4.78, 5) is 38.6. The van der Waals surface area contributed by atoms with E-state index in [1.807, 2.05) is 24.1 Å². The fraction of sp³-hybridized carbons (Fsp3) is 0.400. The maximum atomic E-state index is 13.1. The van der Waals surface area contributed by atoms with Crippen LogP contribution >= 0.6 is 0 Å². The van der Waals surface area contributed by atoms with E-state index in [2.05, 4.69) is 19.5 Å². The number of carbonyl (C=O) groups excluding carboxylic acids is 1. The smallest absolute Gasteiger partial charge is 0.290 e. The van der Waals surface area contributed by atoms with Crippen molar-refractivity contribution in [3.63, 3.8) is 0 Å². The Balaban J connectivity index is 1.57. The minimum Gasteiger partial charge on any atom is -0.335 e. The molecule has 0 saturated carbocycles. The molecule has 1 saturated heterocycles. The number of likely N-dealkylation sites (tertiary alicyclic amines) is 1. The van der Waals surface area contributed by atoms with Gasteiger partial charge in [0, 0.05) is 31.5 Å². The fourth-order valence-electron chi connectivity index (χ4n) is 3.82. The molecule has 1 aliphatic heterocycles. The number of benzene rings is 1. The van der Waals surface area contributed by atoms with Crippen LogP contribution in [0.2, 0.25) is 0 Å². The van der Waals surface area contributed by atoms with Gasteiger partial charge in [0.05, 0.1) is 10.9 Å². The molecule has 3 heterocycles. The predicted molar refractivity (Wildman–Crippen MR) is 103 cm³/mol. The van der Waals surface area contributed by atoms with Crippen LogP contribution in [-0.4, -0.2) is 42.9 Å². The number of nitrogens with one attached hydrogen (secondary N) is 1. The van der Waals surface area contributed by atoms with Gasteiger partial charge in [0.15, 0.2) is 5.82 Å². The van der Waals surface area contributed by atoms with Crippen LogP contribution in [0.4, 0.5) is 0 Å². The summed E-state index contributed by atoms with van der Waals surface area (Å²) in [6.45, 7) is 3.50. The van der Waals surface area contributed by atoms with Gasteiger partial charge in [-0.05, 0) is 44.7 Å². The minimum atomic E-state index is -0.272. The van der Waals surface area contributed by atoms with Crippen LogP contribution in [0, 0.1) is 6.92 Å². The third-order valence-corrected chi connectivity index (χ3v) is 5.33. The van der Waals surface area contributed by atoms with Crippen molar-refractivity contribution >= 4 is 16.8 Å². The van der Waals surface area contributed by atoms with E-state index in [-0.39, 0.29) is 23.3 Å². The first-order valence-corrected chi connectivity index (χ1v) is 9.41. The highest BCUT2D eigenvalue weighted by Gasteiger charge is 2.29. The number of amides is 1. The number of rotatable bonds is 4. The Labute approximate surface area is 157 Å². The maximum Gasteiger partial charge on any atom is 0.290 e. The van der Waals surface area contributed by atoms with Gasteiger partial charge in [0.2, 0.25) is 0 Å². The number of hydrogen-bond donors (Lipinski definition) is 1. The van der Waals surface area contributed by atoms with Gasteiger partial charge in [0.1, 0.15) is 5.82 Å². The van der Waals surface area contributed by atoms with Crippen LogP contribution in [0.25, 0.3) is 10.9 Å². The Kier molecular flexibility index (Phi) is 4.75. The minimum absolute atomic E-state index is 0.129. The molecule has 140 valence electrons. The normalized spacial score (nSPS) is 17.4. The van der Waals surface area contributed by atoms with Crippen LogP contribution in [0.1, 0.15) is 42.1 Å². The van der Waals surface area contributed by atoms with E-state index in [9.17, 15) is 9.59 Å². The molecule has 1 N–H and O–H groups in total. The Bertz CT molecular complexity index is 1020. The van der Waals surface area contributed by atoms with Crippen LogP contribution in [-0.2, 0) is 6.54 Å². The van der Waals surface area contributed by atoms with E-state index >= 15 is 0 Å². The van der Waals surface area contributed by atoms with Gasteiger partial charge in [-0.25, -0.2) is 9.97 Å². The summed E-state index contributed by atoms with van der Waals surface area (Å²) in [6, 6.07) is 7.23. The van der Waals surface area contributed by atoms with Crippen molar-refractivity contribution in [2.75, 3.05) is 6.54 Å². The molecular formula is C20H23N5O2. The van der Waals surface area contributed by atoms with Gasteiger partial charge in [-0.3, -0.25) is 9.59 Å². The number of nitrogens with zero attached hydrogens (tertiary/aromatic N) is 4. The molecule has 27 heavy (non-hydrogen) atoms. The summed E-state index contributed by atoms with van der Waals surface area (Å²) in [7, 11) is 0. The van der Waals surface area contributed by atoms with Crippen LogP contribution in [0.5, 0.6) is 0 Å². The first-order valence-electron chi connectivity index (χ1n) is 9.41. The van der Waals surface area contributed by atoms with E-state index in [0.29, 0.717) is 17.4 Å². The Morgan fingerprint density at radius 1 is 1.30 bits per heavy atom. The van der Waals surface area contributed by atoms with Crippen molar-refractivity contribution in [3.05, 3.63) is 58.7 Å². The third kappa shape index (κ3) is 3.49. The predicted octanol–water partition coefficient (Wildman–Crippen LogP) is 2.51. The molecule has 1 aliphatic rings. The standard InChI is InChI=1S/C20H23N5O2/c1-14-21-10-13-24(14)12-9-15-6-4-5-11-25(15)20(27)18-22-17-8-3-2-7-16(17)19(26)23-18/h2-3,7-8,10,13,15H,4-6,9,11-12H2,1H3,(H,22,23,26). The zero-order valence-corrected chi connectivity index (χ0v) is 15.4. The van der Waals surface area contributed by atoms with Crippen molar-refractivity contribution in [2.45, 2.75) is 45.2 Å². The summed E-state index contributed by atoms with van der Waals surface area (Å²) >= 11 is 0. The maximum absolute atomic E-state index is 13.1. The zero-order chi connectivity index (χ0) is 18.8. The molecule has 3 aromatic rings. The lowest BCUT2D eigenvalue weighted by Gasteiger charge is -2.35. The highest BCUT2D eigenvalue weighted by atomic mass is 16.2. The van der Waals surface area contributed by atoms with Crippen LogP contribution in [0.3, 0.4) is 0 Å². The highest BCUT2D eigenvalue weighted by molar-refractivity contribution is 5.92. The Morgan fingerprint density at radius 2 is 2.15 bits per heavy atom. The van der Waals surface area contributed by atoms with E-state index in [0.717, 1.165) is 38.1 Å². The topological polar surface area (TPSA) is 83.9 Å². The van der Waals surface area contributed by atoms with E-state index in [1.54, 1.807) is 24.4 Å². The van der Waals surface area contributed by atoms with Crippen LogP contribution in [0.15, 0.2) is 41.5 Å². The van der Waals surface area contributed by atoms with Crippen LogP contribution < -0.4 is 5.56 Å². The molecule has 1 amide bonds. The number of hydrogen-bond acceptors (Lipinski definition) is 4. The van der Waals surface area contributed by atoms with E-state index in [4.69, 9.17) is 0 Å². The first-order chi connectivity index (χ1) is 13.1. The largest absolute Gasteiger partial charge is 0.335 e. The lowest BCUT2D eigenvalue weighted by Crippen LogP contribution is -2.45. The molecule has 0 radical (unpaired) electrons. The number of aromatic amines is 1. The number of carbonyl (C=O) groups is 1. The average Bonchev–Trinajstić information content (AvgIpc) is 3.11. The molecular weight excluding hydrogens is 342 g/mol.